The summed E-state index contributed by atoms with van der Waals surface area (Å²) in [6, 6.07) is -0.133. The number of rotatable bonds is 2. The lowest BCUT2D eigenvalue weighted by Gasteiger charge is -2.37. The Morgan fingerprint density at radius 3 is 2.53 bits per heavy atom. The van der Waals surface area contributed by atoms with Gasteiger partial charge in [0.2, 0.25) is 5.91 Å². The maximum Gasteiger partial charge on any atom is 0.328 e. The molecule has 0 aliphatic carbocycles. The van der Waals surface area contributed by atoms with Crippen molar-refractivity contribution in [1.29, 1.82) is 0 Å². The first kappa shape index (κ1) is 12.4. The number of likely N-dealkylation sites (tertiary alicyclic amines) is 2. The maximum absolute atomic E-state index is 11.9. The molecule has 1 unspecified atom stereocenters. The Hall–Kier alpha value is -1.10. The van der Waals surface area contributed by atoms with Gasteiger partial charge in [0.15, 0.2) is 0 Å². The fourth-order valence-corrected chi connectivity index (χ4v) is 2.80. The van der Waals surface area contributed by atoms with Crippen molar-refractivity contribution in [1.82, 2.24) is 9.80 Å². The highest BCUT2D eigenvalue weighted by atomic mass is 16.5. The number of ether oxygens (including phenoxy) is 1. The summed E-state index contributed by atoms with van der Waals surface area (Å²) < 4.78 is 4.78. The third-order valence-electron chi connectivity index (χ3n) is 3.81. The monoisotopic (exact) mass is 240 g/mol. The van der Waals surface area contributed by atoms with E-state index in [2.05, 4.69) is 11.9 Å². The molecule has 0 aromatic carbocycles. The van der Waals surface area contributed by atoms with Gasteiger partial charge in [0.1, 0.15) is 6.04 Å². The molecule has 0 spiro atoms. The Bertz CT molecular complexity index is 311. The standard InChI is InChI=1S/C12H20N2O3/c1-13-7-5-9(6-8-13)14-10(12(16)17-2)3-4-11(14)15/h9-10H,3-8H2,1-2H3. The molecule has 2 rings (SSSR count). The molecule has 5 nitrogen and oxygen atoms in total. The SMILES string of the molecule is COC(=O)C1CCC(=O)N1C1CCN(C)CC1. The van der Waals surface area contributed by atoms with Crippen LogP contribution in [0.5, 0.6) is 0 Å². The zero-order chi connectivity index (χ0) is 12.4. The minimum absolute atomic E-state index is 0.106. The second kappa shape index (κ2) is 5.04. The summed E-state index contributed by atoms with van der Waals surface area (Å²) in [5, 5.41) is 0. The average molecular weight is 240 g/mol. The number of carbonyl (C=O) groups excluding carboxylic acids is 2. The molecule has 0 saturated carbocycles. The van der Waals surface area contributed by atoms with Crippen molar-refractivity contribution in [3.05, 3.63) is 0 Å². The number of amides is 1. The van der Waals surface area contributed by atoms with Crippen LogP contribution in [0.3, 0.4) is 0 Å². The van der Waals surface area contributed by atoms with Crippen LogP contribution in [0.1, 0.15) is 25.7 Å². The molecule has 2 heterocycles. The summed E-state index contributed by atoms with van der Waals surface area (Å²) in [5.74, 6) is -0.162. The van der Waals surface area contributed by atoms with Gasteiger partial charge in [-0.15, -0.1) is 0 Å². The Labute approximate surface area is 102 Å². The second-order valence-electron chi connectivity index (χ2n) is 4.91. The van der Waals surface area contributed by atoms with Crippen molar-refractivity contribution in [2.75, 3.05) is 27.2 Å². The summed E-state index contributed by atoms with van der Waals surface area (Å²) in [5.41, 5.74) is 0. The second-order valence-corrected chi connectivity index (χ2v) is 4.91. The van der Waals surface area contributed by atoms with Crippen molar-refractivity contribution < 1.29 is 14.3 Å². The molecule has 1 atom stereocenters. The molecule has 17 heavy (non-hydrogen) atoms. The van der Waals surface area contributed by atoms with Crippen LogP contribution < -0.4 is 0 Å². The number of esters is 1. The highest BCUT2D eigenvalue weighted by Gasteiger charge is 2.41. The van der Waals surface area contributed by atoms with E-state index >= 15 is 0 Å². The van der Waals surface area contributed by atoms with Crippen LogP contribution in [-0.2, 0) is 14.3 Å². The summed E-state index contributed by atoms with van der Waals surface area (Å²) in [4.78, 5) is 27.6. The van der Waals surface area contributed by atoms with Crippen molar-refractivity contribution >= 4 is 11.9 Å². The average Bonchev–Trinajstić information content (AvgIpc) is 2.71. The van der Waals surface area contributed by atoms with Crippen LogP contribution >= 0.6 is 0 Å². The van der Waals surface area contributed by atoms with Crippen molar-refractivity contribution in [2.24, 2.45) is 0 Å². The third kappa shape index (κ3) is 2.44. The summed E-state index contributed by atoms with van der Waals surface area (Å²) in [6.45, 7) is 1.98. The van der Waals surface area contributed by atoms with E-state index in [1.807, 2.05) is 0 Å². The third-order valence-corrected chi connectivity index (χ3v) is 3.81. The van der Waals surface area contributed by atoms with Gasteiger partial charge in [0.05, 0.1) is 7.11 Å². The quantitative estimate of drug-likeness (QED) is 0.649. The van der Waals surface area contributed by atoms with Crippen molar-refractivity contribution in [3.8, 4) is 0 Å². The van der Waals surface area contributed by atoms with E-state index in [-0.39, 0.29) is 24.0 Å². The number of nitrogens with zero attached hydrogens (tertiary/aromatic N) is 2. The summed E-state index contributed by atoms with van der Waals surface area (Å²) in [7, 11) is 3.47. The van der Waals surface area contributed by atoms with E-state index in [4.69, 9.17) is 4.74 Å². The van der Waals surface area contributed by atoms with E-state index in [9.17, 15) is 9.59 Å². The highest BCUT2D eigenvalue weighted by Crippen LogP contribution is 2.27. The zero-order valence-corrected chi connectivity index (χ0v) is 10.5. The minimum atomic E-state index is -0.346. The summed E-state index contributed by atoms with van der Waals surface area (Å²) >= 11 is 0. The van der Waals surface area contributed by atoms with Crippen molar-refractivity contribution in [3.63, 3.8) is 0 Å². The highest BCUT2D eigenvalue weighted by molar-refractivity contribution is 5.88. The molecule has 2 saturated heterocycles. The molecule has 96 valence electrons. The van der Waals surface area contributed by atoms with E-state index < -0.39 is 0 Å². The first-order chi connectivity index (χ1) is 8.13. The number of hydrogen-bond donors (Lipinski definition) is 0. The Morgan fingerprint density at radius 1 is 1.29 bits per heavy atom. The van der Waals surface area contributed by atoms with Gasteiger partial charge in [-0.1, -0.05) is 0 Å². The maximum atomic E-state index is 11.9. The van der Waals surface area contributed by atoms with Gasteiger partial charge < -0.3 is 14.5 Å². The lowest BCUT2D eigenvalue weighted by molar-refractivity contribution is -0.151. The fraction of sp³-hybridized carbons (Fsp3) is 0.833. The molecule has 5 heteroatoms. The molecule has 2 fully saturated rings. The lowest BCUT2D eigenvalue weighted by atomic mass is 10.0. The molecule has 0 bridgehead atoms. The Kier molecular flexibility index (Phi) is 3.66. The van der Waals surface area contributed by atoms with Gasteiger partial charge in [-0.05, 0) is 39.4 Å². The molecule has 0 aromatic rings. The van der Waals surface area contributed by atoms with Crippen LogP contribution in [0.15, 0.2) is 0 Å². The van der Waals surface area contributed by atoms with Crippen LogP contribution in [0.2, 0.25) is 0 Å². The van der Waals surface area contributed by atoms with E-state index in [0.29, 0.717) is 12.8 Å². The largest absolute Gasteiger partial charge is 0.467 e. The van der Waals surface area contributed by atoms with Gasteiger partial charge >= 0.3 is 5.97 Å². The molecular formula is C12H20N2O3. The van der Waals surface area contributed by atoms with Crippen LogP contribution in [0.25, 0.3) is 0 Å². The van der Waals surface area contributed by atoms with Crippen LogP contribution in [0, 0.1) is 0 Å². The van der Waals surface area contributed by atoms with Gasteiger partial charge in [0.25, 0.3) is 0 Å². The minimum Gasteiger partial charge on any atom is -0.467 e. The Morgan fingerprint density at radius 2 is 1.94 bits per heavy atom. The van der Waals surface area contributed by atoms with Crippen LogP contribution in [-0.4, -0.2) is 61.0 Å². The van der Waals surface area contributed by atoms with Crippen LogP contribution in [0.4, 0.5) is 0 Å². The normalized spacial score (nSPS) is 27.5. The van der Waals surface area contributed by atoms with Gasteiger partial charge in [-0.25, -0.2) is 4.79 Å². The number of carbonyl (C=O) groups is 2. The zero-order valence-electron chi connectivity index (χ0n) is 10.5. The molecule has 0 radical (unpaired) electrons. The predicted molar refractivity (Wildman–Crippen MR) is 62.4 cm³/mol. The number of methoxy groups -OCH3 is 1. The topological polar surface area (TPSA) is 49.9 Å². The van der Waals surface area contributed by atoms with E-state index in [1.54, 1.807) is 4.90 Å². The number of hydrogen-bond acceptors (Lipinski definition) is 4. The lowest BCUT2D eigenvalue weighted by Crippen LogP contribution is -2.50. The molecular weight excluding hydrogens is 220 g/mol. The van der Waals surface area contributed by atoms with Crippen molar-refractivity contribution in [2.45, 2.75) is 37.8 Å². The van der Waals surface area contributed by atoms with Gasteiger partial charge in [0, 0.05) is 12.5 Å². The molecule has 2 aliphatic heterocycles. The molecule has 2 aliphatic rings. The van der Waals surface area contributed by atoms with Gasteiger partial charge in [-0.2, -0.15) is 0 Å². The fourth-order valence-electron chi connectivity index (χ4n) is 2.80. The Balaban J connectivity index is 2.05. The summed E-state index contributed by atoms with van der Waals surface area (Å²) in [6.07, 6.45) is 3.00. The van der Waals surface area contributed by atoms with E-state index in [1.165, 1.54) is 7.11 Å². The predicted octanol–water partition coefficient (Wildman–Crippen LogP) is 0.245. The van der Waals surface area contributed by atoms with E-state index in [0.717, 1.165) is 25.9 Å². The van der Waals surface area contributed by atoms with Gasteiger partial charge in [-0.3, -0.25) is 4.79 Å². The number of piperidine rings is 1. The smallest absolute Gasteiger partial charge is 0.328 e. The first-order valence-electron chi connectivity index (χ1n) is 6.21. The molecule has 1 amide bonds. The molecule has 0 N–H and O–H groups in total. The first-order valence-corrected chi connectivity index (χ1v) is 6.21. The molecule has 0 aromatic heterocycles.